The van der Waals surface area contributed by atoms with Crippen LogP contribution >= 0.6 is 0 Å². The second kappa shape index (κ2) is 12.6. The molecule has 0 aromatic carbocycles. The zero-order valence-corrected chi connectivity index (χ0v) is 26.5. The number of nitrogens with zero attached hydrogens (tertiary/aromatic N) is 2. The molecule has 3 saturated heterocycles. The van der Waals surface area contributed by atoms with Crippen LogP contribution in [-0.2, 0) is 23.9 Å². The number of carbonyl (C=O) groups excluding carboxylic acids is 3. The number of esters is 1. The maximum Gasteiger partial charge on any atom is 0.312 e. The molecule has 232 valence electrons. The van der Waals surface area contributed by atoms with E-state index in [9.17, 15) is 19.5 Å². The zero-order chi connectivity index (χ0) is 30.8. The topological polar surface area (TPSA) is 96.4 Å². The van der Waals surface area contributed by atoms with Crippen LogP contribution in [0.1, 0.15) is 99.8 Å². The van der Waals surface area contributed by atoms with E-state index in [-0.39, 0.29) is 30.4 Å². The highest BCUT2D eigenvalue weighted by Crippen LogP contribution is 2.65. The lowest BCUT2D eigenvalue weighted by Gasteiger charge is -2.46. The second-order valence-corrected chi connectivity index (χ2v) is 14.1. The molecule has 1 spiro atoms. The highest BCUT2D eigenvalue weighted by Gasteiger charge is 2.79. The van der Waals surface area contributed by atoms with Crippen molar-refractivity contribution in [1.82, 2.24) is 9.80 Å². The van der Waals surface area contributed by atoms with Crippen LogP contribution in [0.3, 0.4) is 0 Å². The van der Waals surface area contributed by atoms with Gasteiger partial charge in [-0.25, -0.2) is 0 Å². The first-order chi connectivity index (χ1) is 19.2. The number of allylic oxidation sites excluding steroid dienone is 1. The number of ether oxygens (including phenoxy) is 2. The van der Waals surface area contributed by atoms with E-state index in [1.807, 2.05) is 38.7 Å². The monoisotopic (exact) mass is 574 g/mol. The van der Waals surface area contributed by atoms with E-state index >= 15 is 0 Å². The van der Waals surface area contributed by atoms with Gasteiger partial charge in [-0.3, -0.25) is 14.4 Å². The molecule has 0 aliphatic carbocycles. The van der Waals surface area contributed by atoms with E-state index in [2.05, 4.69) is 33.9 Å². The van der Waals surface area contributed by atoms with Crippen molar-refractivity contribution in [3.8, 4) is 0 Å². The third kappa shape index (κ3) is 6.01. The van der Waals surface area contributed by atoms with Crippen molar-refractivity contribution in [3.63, 3.8) is 0 Å². The number of hydrogen-bond acceptors (Lipinski definition) is 6. The number of fused-ring (bicyclic) bond motifs is 1. The Morgan fingerprint density at radius 3 is 2.39 bits per heavy atom. The summed E-state index contributed by atoms with van der Waals surface area (Å²) < 4.78 is 12.6. The Balaban J connectivity index is 2.08. The molecular weight excluding hydrogens is 520 g/mol. The van der Waals surface area contributed by atoms with Gasteiger partial charge >= 0.3 is 5.97 Å². The van der Waals surface area contributed by atoms with Gasteiger partial charge in [0.25, 0.3) is 0 Å². The van der Waals surface area contributed by atoms with Gasteiger partial charge in [0.1, 0.15) is 17.6 Å². The van der Waals surface area contributed by atoms with Crippen molar-refractivity contribution >= 4 is 17.8 Å². The number of unbranched alkanes of at least 4 members (excludes halogenated alkanes) is 2. The lowest BCUT2D eigenvalue weighted by Crippen LogP contribution is -2.62. The molecule has 0 saturated carbocycles. The van der Waals surface area contributed by atoms with Gasteiger partial charge in [0.15, 0.2) is 0 Å². The van der Waals surface area contributed by atoms with Gasteiger partial charge in [0.2, 0.25) is 11.8 Å². The van der Waals surface area contributed by atoms with E-state index in [0.717, 1.165) is 19.3 Å². The van der Waals surface area contributed by atoms with Crippen LogP contribution in [0.5, 0.6) is 0 Å². The first kappa shape index (κ1) is 33.3. The third-order valence-corrected chi connectivity index (χ3v) is 9.50. The number of rotatable bonds is 15. The normalized spacial score (nSPS) is 29.8. The van der Waals surface area contributed by atoms with Crippen LogP contribution in [0.4, 0.5) is 0 Å². The van der Waals surface area contributed by atoms with Gasteiger partial charge in [-0.05, 0) is 70.6 Å². The Labute approximate surface area is 247 Å². The summed E-state index contributed by atoms with van der Waals surface area (Å²) in [5.41, 5.74) is -2.61. The van der Waals surface area contributed by atoms with Gasteiger partial charge in [0.05, 0.1) is 30.8 Å². The Morgan fingerprint density at radius 2 is 1.85 bits per heavy atom. The van der Waals surface area contributed by atoms with E-state index < -0.39 is 46.6 Å². The number of carbonyl (C=O) groups is 3. The third-order valence-electron chi connectivity index (χ3n) is 9.50. The Kier molecular flexibility index (Phi) is 10.2. The molecule has 3 fully saturated rings. The molecular formula is C33H54N2O6. The maximum absolute atomic E-state index is 14.8. The quantitative estimate of drug-likeness (QED) is 0.167. The molecule has 1 N–H and O–H groups in total. The van der Waals surface area contributed by atoms with Crippen LogP contribution in [-0.4, -0.2) is 81.3 Å². The smallest absolute Gasteiger partial charge is 0.312 e. The fourth-order valence-corrected chi connectivity index (χ4v) is 8.06. The Hall–Kier alpha value is -2.19. The van der Waals surface area contributed by atoms with E-state index in [1.54, 1.807) is 11.0 Å². The SMILES string of the molecule is C=CCCCCOC(=O)[C@@H]1[C@H]2C(=O)N([C@@H](CC)CO)C(C(=O)N(CC=C)C(C)(C)CC(C)(C)C)C23CC[C@@]1(CC)O3. The number of aliphatic hydroxyl groups is 1. The maximum atomic E-state index is 14.8. The molecule has 6 atom stereocenters. The molecule has 3 rings (SSSR count). The van der Waals surface area contributed by atoms with E-state index in [4.69, 9.17) is 9.47 Å². The zero-order valence-electron chi connectivity index (χ0n) is 26.5. The lowest BCUT2D eigenvalue weighted by atomic mass is 9.65. The van der Waals surface area contributed by atoms with Crippen LogP contribution in [0.25, 0.3) is 0 Å². The van der Waals surface area contributed by atoms with Gasteiger partial charge in [0, 0.05) is 12.1 Å². The molecule has 8 nitrogen and oxygen atoms in total. The van der Waals surface area contributed by atoms with Crippen molar-refractivity contribution in [2.45, 2.75) is 129 Å². The fourth-order valence-electron chi connectivity index (χ4n) is 8.06. The molecule has 3 heterocycles. The summed E-state index contributed by atoms with van der Waals surface area (Å²) in [6.07, 6.45) is 8.79. The standard InChI is InChI=1S/C33H54N2O6/c1-10-14-15-16-20-40-29(39)25-24-27(37)35(23(12-3)21-36)26(33(24)18-17-32(25,13-4)41-33)28(38)34(19-11-2)31(8,9)22-30(5,6)7/h10-11,23-26,36H,1-2,12-22H2,3-9H3/t23-,24-,25-,26?,32+,33?/m0/s1. The van der Waals surface area contributed by atoms with Gasteiger partial charge < -0.3 is 24.4 Å². The minimum Gasteiger partial charge on any atom is -0.465 e. The summed E-state index contributed by atoms with van der Waals surface area (Å²) >= 11 is 0. The summed E-state index contributed by atoms with van der Waals surface area (Å²) in [5.74, 6) is -2.55. The van der Waals surface area contributed by atoms with Crippen molar-refractivity contribution in [3.05, 3.63) is 25.3 Å². The predicted molar refractivity (Wildman–Crippen MR) is 160 cm³/mol. The van der Waals surface area contributed by atoms with Crippen LogP contribution < -0.4 is 0 Å². The van der Waals surface area contributed by atoms with Gasteiger partial charge in [-0.2, -0.15) is 0 Å². The number of amides is 2. The van der Waals surface area contributed by atoms with E-state index in [1.165, 1.54) is 0 Å². The summed E-state index contributed by atoms with van der Waals surface area (Å²) in [6.45, 7) is 22.4. The Bertz CT molecular complexity index is 998. The van der Waals surface area contributed by atoms with Crippen LogP contribution in [0.15, 0.2) is 25.3 Å². The molecule has 41 heavy (non-hydrogen) atoms. The number of aliphatic hydroxyl groups excluding tert-OH is 1. The summed E-state index contributed by atoms with van der Waals surface area (Å²) in [5, 5.41) is 10.4. The Morgan fingerprint density at radius 1 is 1.17 bits per heavy atom. The number of likely N-dealkylation sites (tertiary alicyclic amines) is 1. The largest absolute Gasteiger partial charge is 0.465 e. The highest BCUT2D eigenvalue weighted by atomic mass is 16.6. The molecule has 8 heteroatoms. The average molecular weight is 575 g/mol. The van der Waals surface area contributed by atoms with Gasteiger partial charge in [-0.15, -0.1) is 13.2 Å². The minimum absolute atomic E-state index is 0.0542. The molecule has 0 aromatic heterocycles. The first-order valence-corrected chi connectivity index (χ1v) is 15.5. The number of hydrogen-bond donors (Lipinski definition) is 1. The summed E-state index contributed by atoms with van der Waals surface area (Å²) in [7, 11) is 0. The van der Waals surface area contributed by atoms with Crippen molar-refractivity contribution in [2.24, 2.45) is 17.3 Å². The molecule has 2 bridgehead atoms. The second-order valence-electron chi connectivity index (χ2n) is 14.1. The fraction of sp³-hybridized carbons (Fsp3) is 0.788. The van der Waals surface area contributed by atoms with Crippen LogP contribution in [0.2, 0.25) is 0 Å². The summed E-state index contributed by atoms with van der Waals surface area (Å²) in [6, 6.07) is -1.52. The molecule has 3 aliphatic rings. The molecule has 2 amide bonds. The van der Waals surface area contributed by atoms with Crippen LogP contribution in [0, 0.1) is 17.3 Å². The van der Waals surface area contributed by atoms with E-state index in [0.29, 0.717) is 38.6 Å². The first-order valence-electron chi connectivity index (χ1n) is 15.5. The lowest BCUT2D eigenvalue weighted by molar-refractivity contribution is -0.165. The minimum atomic E-state index is -1.16. The van der Waals surface area contributed by atoms with Crippen molar-refractivity contribution in [2.75, 3.05) is 19.8 Å². The molecule has 0 radical (unpaired) electrons. The van der Waals surface area contributed by atoms with Gasteiger partial charge in [-0.1, -0.05) is 46.8 Å². The van der Waals surface area contributed by atoms with Crippen molar-refractivity contribution < 1.29 is 29.0 Å². The van der Waals surface area contributed by atoms with Crippen molar-refractivity contribution in [1.29, 1.82) is 0 Å². The summed E-state index contributed by atoms with van der Waals surface area (Å²) in [4.78, 5) is 46.3. The molecule has 3 aliphatic heterocycles. The molecule has 0 aromatic rings. The highest BCUT2D eigenvalue weighted by molar-refractivity contribution is 5.99. The average Bonchev–Trinajstić information content (AvgIpc) is 3.50. The predicted octanol–water partition coefficient (Wildman–Crippen LogP) is 5.04. The molecule has 2 unspecified atom stereocenters.